The minimum Gasteiger partial charge on any atom is -0.497 e. The number of nitrogens with one attached hydrogen (secondary N) is 2. The van der Waals surface area contributed by atoms with Crippen LogP contribution in [0.25, 0.3) is 0 Å². The molecule has 0 atom stereocenters. The molecule has 0 unspecified atom stereocenters. The molecule has 0 aromatic heterocycles. The molecule has 0 saturated heterocycles. The van der Waals surface area contributed by atoms with Crippen molar-refractivity contribution in [3.8, 4) is 5.75 Å². The Hall–Kier alpha value is -1.71. The van der Waals surface area contributed by atoms with Crippen molar-refractivity contribution in [1.29, 1.82) is 0 Å². The zero-order valence-electron chi connectivity index (χ0n) is 12.0. The summed E-state index contributed by atoms with van der Waals surface area (Å²) in [5.74, 6) is 0.846. The van der Waals surface area contributed by atoms with Crippen molar-refractivity contribution in [2.75, 3.05) is 13.7 Å². The average molecular weight is 264 g/mol. The molecule has 1 aromatic carbocycles. The molecule has 0 bridgehead atoms. The summed E-state index contributed by atoms with van der Waals surface area (Å²) in [4.78, 5) is 11.6. The molecule has 0 fully saturated rings. The van der Waals surface area contributed by atoms with Crippen LogP contribution in [-0.4, -0.2) is 25.7 Å². The van der Waals surface area contributed by atoms with Gasteiger partial charge in [0.05, 0.1) is 7.11 Å². The predicted octanol–water partition coefficient (Wildman–Crippen LogP) is 2.73. The summed E-state index contributed by atoms with van der Waals surface area (Å²) in [5.41, 5.74) is 1.15. The summed E-state index contributed by atoms with van der Waals surface area (Å²) in [7, 11) is 1.65. The molecule has 1 rings (SSSR count). The Morgan fingerprint density at radius 1 is 1.32 bits per heavy atom. The average Bonchev–Trinajstić information content (AvgIpc) is 2.45. The van der Waals surface area contributed by atoms with Crippen molar-refractivity contribution in [2.45, 2.75) is 39.2 Å². The summed E-state index contributed by atoms with van der Waals surface area (Å²) in [6, 6.07) is 8.06. The highest BCUT2D eigenvalue weighted by atomic mass is 16.5. The SMILES string of the molecule is CCC(CC)NC(=O)NCCc1cccc(OC)c1. The second-order valence-corrected chi connectivity index (χ2v) is 4.52. The largest absolute Gasteiger partial charge is 0.497 e. The van der Waals surface area contributed by atoms with Crippen LogP contribution in [0, 0.1) is 0 Å². The summed E-state index contributed by atoms with van der Waals surface area (Å²) in [5, 5.41) is 5.83. The lowest BCUT2D eigenvalue weighted by Gasteiger charge is -2.15. The monoisotopic (exact) mass is 264 g/mol. The molecule has 0 aliphatic carbocycles. The standard InChI is InChI=1S/C15H24N2O2/c1-4-13(5-2)17-15(18)16-10-9-12-7-6-8-14(11-12)19-3/h6-8,11,13H,4-5,9-10H2,1-3H3,(H2,16,17,18). The fourth-order valence-corrected chi connectivity index (χ4v) is 1.88. The van der Waals surface area contributed by atoms with Crippen molar-refractivity contribution >= 4 is 6.03 Å². The zero-order valence-corrected chi connectivity index (χ0v) is 12.0. The molecule has 0 saturated carbocycles. The van der Waals surface area contributed by atoms with Crippen LogP contribution in [0.2, 0.25) is 0 Å². The Kier molecular flexibility index (Phi) is 6.79. The number of hydrogen-bond acceptors (Lipinski definition) is 2. The van der Waals surface area contributed by atoms with E-state index in [1.165, 1.54) is 0 Å². The topological polar surface area (TPSA) is 50.4 Å². The molecule has 0 spiro atoms. The van der Waals surface area contributed by atoms with Gasteiger partial charge >= 0.3 is 6.03 Å². The van der Waals surface area contributed by atoms with E-state index in [2.05, 4.69) is 24.5 Å². The second kappa shape index (κ2) is 8.40. The summed E-state index contributed by atoms with van der Waals surface area (Å²) < 4.78 is 5.16. The van der Waals surface area contributed by atoms with Crippen molar-refractivity contribution in [1.82, 2.24) is 10.6 Å². The predicted molar refractivity (Wildman–Crippen MR) is 77.6 cm³/mol. The van der Waals surface area contributed by atoms with Crippen molar-refractivity contribution in [2.24, 2.45) is 0 Å². The summed E-state index contributed by atoms with van der Waals surface area (Å²) >= 11 is 0. The zero-order chi connectivity index (χ0) is 14.1. The first-order valence-electron chi connectivity index (χ1n) is 6.86. The van der Waals surface area contributed by atoms with Gasteiger partial charge in [0.15, 0.2) is 0 Å². The first-order chi connectivity index (χ1) is 9.19. The molecule has 4 heteroatoms. The van der Waals surface area contributed by atoms with E-state index >= 15 is 0 Å². The molecule has 0 radical (unpaired) electrons. The molecular weight excluding hydrogens is 240 g/mol. The first-order valence-corrected chi connectivity index (χ1v) is 6.86. The van der Waals surface area contributed by atoms with Gasteiger partial charge in [-0.1, -0.05) is 26.0 Å². The molecule has 106 valence electrons. The van der Waals surface area contributed by atoms with E-state index in [-0.39, 0.29) is 12.1 Å². The third-order valence-corrected chi connectivity index (χ3v) is 3.15. The minimum atomic E-state index is -0.0865. The van der Waals surface area contributed by atoms with E-state index in [0.29, 0.717) is 6.54 Å². The van der Waals surface area contributed by atoms with Gasteiger partial charge in [-0.15, -0.1) is 0 Å². The number of methoxy groups -OCH3 is 1. The van der Waals surface area contributed by atoms with Gasteiger partial charge in [-0.05, 0) is 37.0 Å². The summed E-state index contributed by atoms with van der Waals surface area (Å²) in [6.07, 6.45) is 2.72. The maximum Gasteiger partial charge on any atom is 0.315 e. The number of amides is 2. The van der Waals surface area contributed by atoms with Gasteiger partial charge in [-0.25, -0.2) is 4.79 Å². The highest BCUT2D eigenvalue weighted by Crippen LogP contribution is 2.12. The van der Waals surface area contributed by atoms with Crippen LogP contribution in [0.15, 0.2) is 24.3 Å². The minimum absolute atomic E-state index is 0.0865. The van der Waals surface area contributed by atoms with Gasteiger partial charge in [-0.2, -0.15) is 0 Å². The number of carbonyl (C=O) groups is 1. The quantitative estimate of drug-likeness (QED) is 0.795. The lowest BCUT2D eigenvalue weighted by atomic mass is 10.1. The molecule has 19 heavy (non-hydrogen) atoms. The number of urea groups is 1. The smallest absolute Gasteiger partial charge is 0.315 e. The van der Waals surface area contributed by atoms with E-state index in [1.807, 2.05) is 24.3 Å². The Morgan fingerprint density at radius 2 is 2.05 bits per heavy atom. The fourth-order valence-electron chi connectivity index (χ4n) is 1.88. The Balaban J connectivity index is 2.31. The number of carbonyl (C=O) groups excluding carboxylic acids is 1. The molecule has 0 aliphatic heterocycles. The number of benzene rings is 1. The van der Waals surface area contributed by atoms with Gasteiger partial charge in [0.2, 0.25) is 0 Å². The van der Waals surface area contributed by atoms with E-state index in [9.17, 15) is 4.79 Å². The molecular formula is C15H24N2O2. The van der Waals surface area contributed by atoms with Crippen LogP contribution >= 0.6 is 0 Å². The second-order valence-electron chi connectivity index (χ2n) is 4.52. The Labute approximate surface area is 115 Å². The van der Waals surface area contributed by atoms with E-state index in [1.54, 1.807) is 7.11 Å². The lowest BCUT2D eigenvalue weighted by Crippen LogP contribution is -2.42. The van der Waals surface area contributed by atoms with Crippen LogP contribution in [0.3, 0.4) is 0 Å². The maximum absolute atomic E-state index is 11.6. The van der Waals surface area contributed by atoms with E-state index < -0.39 is 0 Å². The molecule has 4 nitrogen and oxygen atoms in total. The van der Waals surface area contributed by atoms with Gasteiger partial charge < -0.3 is 15.4 Å². The lowest BCUT2D eigenvalue weighted by molar-refractivity contribution is 0.236. The molecule has 0 heterocycles. The van der Waals surface area contributed by atoms with Crippen LogP contribution in [0.1, 0.15) is 32.3 Å². The van der Waals surface area contributed by atoms with Crippen molar-refractivity contribution in [3.63, 3.8) is 0 Å². The van der Waals surface area contributed by atoms with Crippen LogP contribution < -0.4 is 15.4 Å². The van der Waals surface area contributed by atoms with Gasteiger partial charge in [0.1, 0.15) is 5.75 Å². The molecule has 2 amide bonds. The molecule has 2 N–H and O–H groups in total. The number of rotatable bonds is 7. The maximum atomic E-state index is 11.6. The van der Waals surface area contributed by atoms with E-state index in [0.717, 1.165) is 30.6 Å². The number of ether oxygens (including phenoxy) is 1. The van der Waals surface area contributed by atoms with Crippen molar-refractivity contribution in [3.05, 3.63) is 29.8 Å². The van der Waals surface area contributed by atoms with E-state index in [4.69, 9.17) is 4.74 Å². The van der Waals surface area contributed by atoms with Gasteiger partial charge in [0.25, 0.3) is 0 Å². The Bertz CT molecular complexity index is 389. The third kappa shape index (κ3) is 5.64. The van der Waals surface area contributed by atoms with Crippen LogP contribution in [0.5, 0.6) is 5.75 Å². The van der Waals surface area contributed by atoms with Crippen molar-refractivity contribution < 1.29 is 9.53 Å². The highest BCUT2D eigenvalue weighted by molar-refractivity contribution is 5.74. The van der Waals surface area contributed by atoms with Crippen LogP contribution in [-0.2, 0) is 6.42 Å². The third-order valence-electron chi connectivity index (χ3n) is 3.15. The Morgan fingerprint density at radius 3 is 2.68 bits per heavy atom. The first kappa shape index (κ1) is 15.3. The van der Waals surface area contributed by atoms with Gasteiger partial charge in [-0.3, -0.25) is 0 Å². The fraction of sp³-hybridized carbons (Fsp3) is 0.533. The highest BCUT2D eigenvalue weighted by Gasteiger charge is 2.07. The molecule has 0 aliphatic rings. The number of hydrogen-bond donors (Lipinski definition) is 2. The van der Waals surface area contributed by atoms with Crippen LogP contribution in [0.4, 0.5) is 4.79 Å². The van der Waals surface area contributed by atoms with Gasteiger partial charge in [0, 0.05) is 12.6 Å². The normalized spacial score (nSPS) is 10.3. The summed E-state index contributed by atoms with van der Waals surface area (Å²) in [6.45, 7) is 4.77. The molecule has 1 aromatic rings.